The molecule has 6 heteroatoms. The summed E-state index contributed by atoms with van der Waals surface area (Å²) in [7, 11) is 0. The zero-order valence-corrected chi connectivity index (χ0v) is 11.8. The van der Waals surface area contributed by atoms with Gasteiger partial charge in [0.05, 0.1) is 0 Å². The number of carbonyl (C=O) groups is 2. The Bertz CT molecular complexity index is 478. The van der Waals surface area contributed by atoms with Crippen LogP contribution in [0.25, 0.3) is 0 Å². The summed E-state index contributed by atoms with van der Waals surface area (Å²) in [6.45, 7) is 0.616. The van der Waals surface area contributed by atoms with Crippen molar-refractivity contribution in [3.8, 4) is 0 Å². The molecule has 0 aromatic heterocycles. The summed E-state index contributed by atoms with van der Waals surface area (Å²) in [5.41, 5.74) is 0.892. The molecule has 0 radical (unpaired) electrons. The minimum atomic E-state index is -1.01. The fourth-order valence-corrected chi connectivity index (χ4v) is 2.39. The summed E-state index contributed by atoms with van der Waals surface area (Å²) < 4.78 is 5.13. The number of hydrogen-bond acceptors (Lipinski definition) is 3. The summed E-state index contributed by atoms with van der Waals surface area (Å²) >= 11 is 0. The van der Waals surface area contributed by atoms with Gasteiger partial charge in [-0.1, -0.05) is 36.8 Å². The van der Waals surface area contributed by atoms with Crippen molar-refractivity contribution in [2.45, 2.75) is 38.5 Å². The van der Waals surface area contributed by atoms with Gasteiger partial charge >= 0.3 is 12.2 Å². The first-order valence-electron chi connectivity index (χ1n) is 7.13. The maximum atomic E-state index is 11.8. The SMILES string of the molecule is O=C(NC1CCCCCN1C(=O)O)OCc1ccccc1. The molecule has 2 N–H and O–H groups in total. The highest BCUT2D eigenvalue weighted by Crippen LogP contribution is 2.15. The molecule has 0 saturated carbocycles. The van der Waals surface area contributed by atoms with Crippen LogP contribution in [0.2, 0.25) is 0 Å². The minimum absolute atomic E-state index is 0.173. The third-order valence-electron chi connectivity index (χ3n) is 3.50. The molecule has 0 bridgehead atoms. The van der Waals surface area contributed by atoms with Gasteiger partial charge in [0, 0.05) is 6.54 Å². The molecule has 2 rings (SSSR count). The van der Waals surface area contributed by atoms with Crippen LogP contribution in [0.4, 0.5) is 9.59 Å². The van der Waals surface area contributed by atoms with Crippen molar-refractivity contribution >= 4 is 12.2 Å². The quantitative estimate of drug-likeness (QED) is 0.898. The Hall–Kier alpha value is -2.24. The molecule has 6 nitrogen and oxygen atoms in total. The van der Waals surface area contributed by atoms with Crippen molar-refractivity contribution in [2.24, 2.45) is 0 Å². The Balaban J connectivity index is 1.86. The molecule has 1 atom stereocenters. The average molecular weight is 292 g/mol. The molecule has 1 unspecified atom stereocenters. The third kappa shape index (κ3) is 4.66. The van der Waals surface area contributed by atoms with Gasteiger partial charge < -0.3 is 15.2 Å². The lowest BCUT2D eigenvalue weighted by Crippen LogP contribution is -2.50. The summed E-state index contributed by atoms with van der Waals surface area (Å²) in [4.78, 5) is 24.3. The minimum Gasteiger partial charge on any atom is -0.465 e. The number of nitrogens with one attached hydrogen (secondary N) is 1. The fourth-order valence-electron chi connectivity index (χ4n) is 2.39. The van der Waals surface area contributed by atoms with E-state index in [0.29, 0.717) is 13.0 Å². The number of alkyl carbamates (subject to hydrolysis) is 1. The number of hydrogen-bond donors (Lipinski definition) is 2. The van der Waals surface area contributed by atoms with Crippen LogP contribution in [0.1, 0.15) is 31.2 Å². The molecule has 2 amide bonds. The van der Waals surface area contributed by atoms with Crippen LogP contribution in [0.15, 0.2) is 30.3 Å². The fraction of sp³-hybridized carbons (Fsp3) is 0.467. The van der Waals surface area contributed by atoms with Gasteiger partial charge in [0.1, 0.15) is 12.8 Å². The number of carboxylic acid groups (broad SMARTS) is 1. The highest BCUT2D eigenvalue weighted by atomic mass is 16.5. The van der Waals surface area contributed by atoms with Crippen LogP contribution in [0.3, 0.4) is 0 Å². The zero-order valence-electron chi connectivity index (χ0n) is 11.8. The molecule has 1 aliphatic rings. The number of likely N-dealkylation sites (tertiary alicyclic amines) is 1. The molecule has 0 spiro atoms. The van der Waals surface area contributed by atoms with Crippen molar-refractivity contribution in [3.05, 3.63) is 35.9 Å². The third-order valence-corrected chi connectivity index (χ3v) is 3.50. The Morgan fingerprint density at radius 1 is 1.24 bits per heavy atom. The summed E-state index contributed by atoms with van der Waals surface area (Å²) in [5.74, 6) is 0. The van der Waals surface area contributed by atoms with E-state index < -0.39 is 18.4 Å². The Labute approximate surface area is 123 Å². The molecule has 0 aliphatic carbocycles. The van der Waals surface area contributed by atoms with E-state index in [1.165, 1.54) is 4.90 Å². The predicted octanol–water partition coefficient (Wildman–Crippen LogP) is 2.79. The topological polar surface area (TPSA) is 78.9 Å². The van der Waals surface area contributed by atoms with Crippen LogP contribution in [-0.4, -0.2) is 34.9 Å². The van der Waals surface area contributed by atoms with E-state index >= 15 is 0 Å². The first-order valence-corrected chi connectivity index (χ1v) is 7.13. The second-order valence-electron chi connectivity index (χ2n) is 5.05. The van der Waals surface area contributed by atoms with Gasteiger partial charge in [0.2, 0.25) is 0 Å². The molecule has 1 heterocycles. The number of benzene rings is 1. The first-order chi connectivity index (χ1) is 10.2. The van der Waals surface area contributed by atoms with E-state index in [2.05, 4.69) is 5.32 Å². The van der Waals surface area contributed by atoms with Crippen molar-refractivity contribution in [1.82, 2.24) is 10.2 Å². The molecular formula is C15H20N2O4. The Morgan fingerprint density at radius 2 is 2.00 bits per heavy atom. The number of nitrogens with zero attached hydrogens (tertiary/aromatic N) is 1. The lowest BCUT2D eigenvalue weighted by atomic mass is 10.2. The molecular weight excluding hydrogens is 272 g/mol. The monoisotopic (exact) mass is 292 g/mol. The highest BCUT2D eigenvalue weighted by molar-refractivity contribution is 5.70. The van der Waals surface area contributed by atoms with E-state index in [0.717, 1.165) is 24.8 Å². The van der Waals surface area contributed by atoms with Crippen molar-refractivity contribution < 1.29 is 19.4 Å². The van der Waals surface area contributed by atoms with Crippen LogP contribution in [0, 0.1) is 0 Å². The van der Waals surface area contributed by atoms with Gasteiger partial charge in [-0.3, -0.25) is 4.90 Å². The van der Waals surface area contributed by atoms with E-state index in [-0.39, 0.29) is 6.61 Å². The molecule has 1 aliphatic heterocycles. The van der Waals surface area contributed by atoms with E-state index in [9.17, 15) is 14.7 Å². The first kappa shape index (κ1) is 15.2. The summed E-state index contributed by atoms with van der Waals surface area (Å²) in [6, 6.07) is 9.35. The van der Waals surface area contributed by atoms with Crippen LogP contribution in [0.5, 0.6) is 0 Å². The lowest BCUT2D eigenvalue weighted by molar-refractivity contribution is 0.0983. The van der Waals surface area contributed by atoms with Crippen LogP contribution in [-0.2, 0) is 11.3 Å². The van der Waals surface area contributed by atoms with Gasteiger partial charge in [-0.2, -0.15) is 0 Å². The van der Waals surface area contributed by atoms with Gasteiger partial charge in [0.15, 0.2) is 0 Å². The van der Waals surface area contributed by atoms with Gasteiger partial charge in [0.25, 0.3) is 0 Å². The van der Waals surface area contributed by atoms with Crippen LogP contribution >= 0.6 is 0 Å². The summed E-state index contributed by atoms with van der Waals surface area (Å²) in [6.07, 6.45) is 1.21. The highest BCUT2D eigenvalue weighted by Gasteiger charge is 2.26. The van der Waals surface area contributed by atoms with Crippen molar-refractivity contribution in [1.29, 1.82) is 0 Å². The Morgan fingerprint density at radius 3 is 2.71 bits per heavy atom. The number of carbonyl (C=O) groups excluding carboxylic acids is 1. The molecule has 1 aromatic carbocycles. The maximum absolute atomic E-state index is 11.8. The summed E-state index contributed by atoms with van der Waals surface area (Å²) in [5, 5.41) is 11.8. The number of amides is 2. The largest absolute Gasteiger partial charge is 0.465 e. The maximum Gasteiger partial charge on any atom is 0.409 e. The van der Waals surface area contributed by atoms with Gasteiger partial charge in [-0.15, -0.1) is 0 Å². The molecule has 1 saturated heterocycles. The standard InChI is InChI=1S/C15H20N2O4/c18-14(21-11-12-7-3-1-4-8-12)16-13-9-5-2-6-10-17(13)15(19)20/h1,3-4,7-8,13H,2,5-6,9-11H2,(H,16,18)(H,19,20). The van der Waals surface area contributed by atoms with E-state index in [1.807, 2.05) is 30.3 Å². The predicted molar refractivity (Wildman–Crippen MR) is 76.7 cm³/mol. The molecule has 114 valence electrons. The van der Waals surface area contributed by atoms with Crippen molar-refractivity contribution in [3.63, 3.8) is 0 Å². The lowest BCUT2D eigenvalue weighted by Gasteiger charge is -2.27. The average Bonchev–Trinajstić information content (AvgIpc) is 2.72. The second kappa shape index (κ2) is 7.52. The van der Waals surface area contributed by atoms with Gasteiger partial charge in [-0.05, 0) is 24.8 Å². The van der Waals surface area contributed by atoms with E-state index in [4.69, 9.17) is 4.74 Å². The molecule has 1 fully saturated rings. The van der Waals surface area contributed by atoms with Crippen LogP contribution < -0.4 is 5.32 Å². The zero-order chi connectivity index (χ0) is 15.1. The second-order valence-corrected chi connectivity index (χ2v) is 5.05. The van der Waals surface area contributed by atoms with Gasteiger partial charge in [-0.25, -0.2) is 9.59 Å². The van der Waals surface area contributed by atoms with E-state index in [1.54, 1.807) is 0 Å². The number of ether oxygens (including phenoxy) is 1. The Kier molecular flexibility index (Phi) is 5.43. The molecule has 1 aromatic rings. The molecule has 21 heavy (non-hydrogen) atoms. The number of rotatable bonds is 3. The smallest absolute Gasteiger partial charge is 0.409 e. The normalized spacial score (nSPS) is 18.7. The van der Waals surface area contributed by atoms with Crippen molar-refractivity contribution in [2.75, 3.05) is 6.54 Å².